The first-order valence-corrected chi connectivity index (χ1v) is 7.97. The minimum absolute atomic E-state index is 0.164. The van der Waals surface area contributed by atoms with Gasteiger partial charge in [-0.2, -0.15) is 0 Å². The molecule has 0 bridgehead atoms. The second-order valence-electron chi connectivity index (χ2n) is 5.37. The molecule has 24 heavy (non-hydrogen) atoms. The van der Waals surface area contributed by atoms with Crippen LogP contribution in [-0.2, 0) is 0 Å². The van der Waals surface area contributed by atoms with E-state index >= 15 is 0 Å². The molecule has 5 nitrogen and oxygen atoms in total. The van der Waals surface area contributed by atoms with Gasteiger partial charge in [0, 0.05) is 23.4 Å². The summed E-state index contributed by atoms with van der Waals surface area (Å²) in [4.78, 5) is 24.4. The monoisotopic (exact) mass is 326 g/mol. The van der Waals surface area contributed by atoms with Crippen LogP contribution in [0.25, 0.3) is 0 Å². The molecule has 0 fully saturated rings. The second-order valence-corrected chi connectivity index (χ2v) is 5.37. The largest absolute Gasteiger partial charge is 0.497 e. The van der Waals surface area contributed by atoms with E-state index in [4.69, 9.17) is 4.74 Å². The normalized spacial score (nSPS) is 10.1. The van der Waals surface area contributed by atoms with Crippen LogP contribution in [0.3, 0.4) is 0 Å². The van der Waals surface area contributed by atoms with Gasteiger partial charge >= 0.3 is 0 Å². The molecule has 0 saturated heterocycles. The Morgan fingerprint density at radius 2 is 1.67 bits per heavy atom. The Morgan fingerprint density at radius 1 is 1.00 bits per heavy atom. The molecule has 0 spiro atoms. The van der Waals surface area contributed by atoms with Crippen molar-refractivity contribution in [3.63, 3.8) is 0 Å². The van der Waals surface area contributed by atoms with Crippen molar-refractivity contribution in [1.29, 1.82) is 0 Å². The first-order valence-electron chi connectivity index (χ1n) is 7.97. The third-order valence-electron chi connectivity index (χ3n) is 3.55. The number of ether oxygens (including phenoxy) is 1. The van der Waals surface area contributed by atoms with Crippen LogP contribution in [0, 0.1) is 0 Å². The highest BCUT2D eigenvalue weighted by Gasteiger charge is 2.10. The van der Waals surface area contributed by atoms with Crippen LogP contribution in [0.5, 0.6) is 5.75 Å². The number of unbranched alkanes of at least 4 members (excludes halogenated alkanes) is 1. The molecule has 0 aliphatic rings. The zero-order valence-corrected chi connectivity index (χ0v) is 14.0. The van der Waals surface area contributed by atoms with E-state index in [0.717, 1.165) is 18.6 Å². The van der Waals surface area contributed by atoms with Crippen molar-refractivity contribution in [3.8, 4) is 5.75 Å². The van der Waals surface area contributed by atoms with E-state index < -0.39 is 0 Å². The quantitative estimate of drug-likeness (QED) is 0.766. The number of carbonyl (C=O) groups excluding carboxylic acids is 2. The maximum atomic E-state index is 12.3. The van der Waals surface area contributed by atoms with Gasteiger partial charge in [0.25, 0.3) is 11.8 Å². The number of benzene rings is 2. The lowest BCUT2D eigenvalue weighted by atomic mass is 10.1. The van der Waals surface area contributed by atoms with Gasteiger partial charge in [0.05, 0.1) is 7.11 Å². The highest BCUT2D eigenvalue weighted by Crippen LogP contribution is 2.16. The van der Waals surface area contributed by atoms with E-state index in [-0.39, 0.29) is 11.8 Å². The van der Waals surface area contributed by atoms with Gasteiger partial charge in [0.2, 0.25) is 0 Å². The van der Waals surface area contributed by atoms with Crippen molar-refractivity contribution in [2.45, 2.75) is 19.8 Å². The lowest BCUT2D eigenvalue weighted by Crippen LogP contribution is -2.24. The molecule has 0 aliphatic heterocycles. The van der Waals surface area contributed by atoms with Gasteiger partial charge in [0.1, 0.15) is 5.75 Å². The first-order chi connectivity index (χ1) is 11.6. The molecular formula is C19H22N2O3. The summed E-state index contributed by atoms with van der Waals surface area (Å²) in [5.74, 6) is 0.296. The summed E-state index contributed by atoms with van der Waals surface area (Å²) in [5.41, 5.74) is 1.58. The number of nitrogens with one attached hydrogen (secondary N) is 2. The number of amides is 2. The van der Waals surface area contributed by atoms with Crippen molar-refractivity contribution in [1.82, 2.24) is 5.32 Å². The number of methoxy groups -OCH3 is 1. The van der Waals surface area contributed by atoms with E-state index in [1.165, 1.54) is 0 Å². The maximum Gasteiger partial charge on any atom is 0.255 e. The van der Waals surface area contributed by atoms with E-state index in [1.54, 1.807) is 55.6 Å². The number of carbonyl (C=O) groups is 2. The van der Waals surface area contributed by atoms with Gasteiger partial charge in [-0.3, -0.25) is 9.59 Å². The zero-order valence-electron chi connectivity index (χ0n) is 14.0. The fraction of sp³-hybridized carbons (Fsp3) is 0.263. The first kappa shape index (κ1) is 17.5. The number of rotatable bonds is 7. The second kappa shape index (κ2) is 8.72. The SMILES string of the molecule is CCCCNC(=O)c1cccc(C(=O)Nc2ccc(OC)cc2)c1. The zero-order chi connectivity index (χ0) is 17.4. The molecule has 2 N–H and O–H groups in total. The van der Waals surface area contributed by atoms with E-state index in [0.29, 0.717) is 23.4 Å². The van der Waals surface area contributed by atoms with E-state index in [1.807, 2.05) is 0 Å². The van der Waals surface area contributed by atoms with Crippen LogP contribution in [-0.4, -0.2) is 25.5 Å². The molecule has 0 aliphatic carbocycles. The predicted molar refractivity (Wildman–Crippen MR) is 94.6 cm³/mol. The van der Waals surface area contributed by atoms with Crippen molar-refractivity contribution in [3.05, 3.63) is 59.7 Å². The molecule has 126 valence electrons. The number of anilines is 1. The van der Waals surface area contributed by atoms with Crippen LogP contribution < -0.4 is 15.4 Å². The standard InChI is InChI=1S/C19H22N2O3/c1-3-4-12-20-18(22)14-6-5-7-15(13-14)19(23)21-16-8-10-17(24-2)11-9-16/h5-11,13H,3-4,12H2,1-2H3,(H,20,22)(H,21,23). The van der Waals surface area contributed by atoms with Gasteiger partial charge in [-0.25, -0.2) is 0 Å². The molecule has 2 aromatic rings. The average Bonchev–Trinajstić information content (AvgIpc) is 2.62. The highest BCUT2D eigenvalue weighted by molar-refractivity contribution is 6.06. The third kappa shape index (κ3) is 4.84. The smallest absolute Gasteiger partial charge is 0.255 e. The molecule has 0 atom stereocenters. The Morgan fingerprint density at radius 3 is 2.29 bits per heavy atom. The number of hydrogen-bond donors (Lipinski definition) is 2. The summed E-state index contributed by atoms with van der Waals surface area (Å²) in [6.07, 6.45) is 1.95. The van der Waals surface area contributed by atoms with Crippen molar-refractivity contribution < 1.29 is 14.3 Å². The number of hydrogen-bond acceptors (Lipinski definition) is 3. The third-order valence-corrected chi connectivity index (χ3v) is 3.55. The predicted octanol–water partition coefficient (Wildman–Crippen LogP) is 3.48. The lowest BCUT2D eigenvalue weighted by molar-refractivity contribution is 0.0953. The Bertz CT molecular complexity index is 696. The molecule has 2 rings (SSSR count). The molecule has 0 aromatic heterocycles. The van der Waals surface area contributed by atoms with E-state index in [9.17, 15) is 9.59 Å². The van der Waals surface area contributed by atoms with E-state index in [2.05, 4.69) is 17.6 Å². The average molecular weight is 326 g/mol. The Kier molecular flexibility index (Phi) is 6.37. The molecule has 0 heterocycles. The van der Waals surface area contributed by atoms with Gasteiger partial charge < -0.3 is 15.4 Å². The van der Waals surface area contributed by atoms with Crippen molar-refractivity contribution in [2.75, 3.05) is 19.0 Å². The molecule has 2 aromatic carbocycles. The van der Waals surface area contributed by atoms with Gasteiger partial charge in [-0.15, -0.1) is 0 Å². The highest BCUT2D eigenvalue weighted by atomic mass is 16.5. The van der Waals surface area contributed by atoms with Crippen LogP contribution in [0.1, 0.15) is 40.5 Å². The summed E-state index contributed by atoms with van der Waals surface area (Å²) in [6, 6.07) is 13.8. The summed E-state index contributed by atoms with van der Waals surface area (Å²) in [5, 5.41) is 5.65. The molecule has 0 saturated carbocycles. The minimum Gasteiger partial charge on any atom is -0.497 e. The summed E-state index contributed by atoms with van der Waals surface area (Å²) in [7, 11) is 1.59. The molecule has 2 amide bonds. The van der Waals surface area contributed by atoms with Crippen molar-refractivity contribution >= 4 is 17.5 Å². The fourth-order valence-corrected chi connectivity index (χ4v) is 2.16. The topological polar surface area (TPSA) is 67.4 Å². The van der Waals surface area contributed by atoms with Crippen molar-refractivity contribution in [2.24, 2.45) is 0 Å². The maximum absolute atomic E-state index is 12.3. The summed E-state index contributed by atoms with van der Waals surface area (Å²) < 4.78 is 5.08. The van der Waals surface area contributed by atoms with Gasteiger partial charge in [0.15, 0.2) is 0 Å². The van der Waals surface area contributed by atoms with Crippen LogP contribution >= 0.6 is 0 Å². The molecule has 5 heteroatoms. The summed E-state index contributed by atoms with van der Waals surface area (Å²) in [6.45, 7) is 2.70. The fourth-order valence-electron chi connectivity index (χ4n) is 2.16. The van der Waals surface area contributed by atoms with Crippen LogP contribution in [0.15, 0.2) is 48.5 Å². The Labute approximate surface area is 142 Å². The Hall–Kier alpha value is -2.82. The van der Waals surface area contributed by atoms with Gasteiger partial charge in [-0.05, 0) is 48.9 Å². The Balaban J connectivity index is 2.03. The lowest BCUT2D eigenvalue weighted by Gasteiger charge is -2.08. The molecule has 0 radical (unpaired) electrons. The molecule has 0 unspecified atom stereocenters. The minimum atomic E-state index is -0.261. The van der Waals surface area contributed by atoms with Gasteiger partial charge in [-0.1, -0.05) is 19.4 Å². The summed E-state index contributed by atoms with van der Waals surface area (Å²) >= 11 is 0. The molecular weight excluding hydrogens is 304 g/mol. The van der Waals surface area contributed by atoms with Crippen LogP contribution in [0.2, 0.25) is 0 Å². The van der Waals surface area contributed by atoms with Crippen LogP contribution in [0.4, 0.5) is 5.69 Å².